The van der Waals surface area contributed by atoms with Gasteiger partial charge in [-0.2, -0.15) is 0 Å². The lowest BCUT2D eigenvalue weighted by Crippen LogP contribution is -2.31. The van der Waals surface area contributed by atoms with Gasteiger partial charge in [-0.3, -0.25) is 4.79 Å². The number of hydrogen-bond acceptors (Lipinski definition) is 5. The Labute approximate surface area is 153 Å². The van der Waals surface area contributed by atoms with Crippen LogP contribution in [-0.4, -0.2) is 25.5 Å². The Hall–Kier alpha value is -2.45. The Morgan fingerprint density at radius 3 is 2.50 bits per heavy atom. The number of amides is 1. The molecule has 140 valence electrons. The standard InChI is InChI=1S/C18H23N3O4S/c1-5-12(2)21-26(23,24)16-9-6-15(7-10-16)8-11-17-18(19-14(4)22)13(3)20-25-17/h6-12,21H,5H2,1-4H3,(H,19,22)/b11-8-. The smallest absolute Gasteiger partial charge is 0.240 e. The number of nitrogens with one attached hydrogen (secondary N) is 2. The summed E-state index contributed by atoms with van der Waals surface area (Å²) in [6, 6.07) is 6.36. The van der Waals surface area contributed by atoms with E-state index in [0.29, 0.717) is 23.6 Å². The molecule has 2 N–H and O–H groups in total. The highest BCUT2D eigenvalue weighted by atomic mass is 32.2. The summed E-state index contributed by atoms with van der Waals surface area (Å²) < 4.78 is 32.3. The third-order valence-electron chi connectivity index (χ3n) is 3.78. The molecule has 1 unspecified atom stereocenters. The molecule has 0 saturated heterocycles. The quantitative estimate of drug-likeness (QED) is 0.772. The van der Waals surface area contributed by atoms with Gasteiger partial charge in [0.2, 0.25) is 15.9 Å². The minimum atomic E-state index is -3.52. The molecule has 0 aliphatic rings. The van der Waals surface area contributed by atoms with E-state index in [1.165, 1.54) is 6.92 Å². The lowest BCUT2D eigenvalue weighted by atomic mass is 10.2. The molecule has 1 heterocycles. The van der Waals surface area contributed by atoms with Gasteiger partial charge in [-0.05, 0) is 44.0 Å². The molecule has 0 aliphatic heterocycles. The molecule has 0 saturated carbocycles. The van der Waals surface area contributed by atoms with Gasteiger partial charge < -0.3 is 9.84 Å². The first kappa shape index (κ1) is 19.9. The van der Waals surface area contributed by atoms with E-state index in [4.69, 9.17) is 4.52 Å². The molecular weight excluding hydrogens is 354 g/mol. The summed E-state index contributed by atoms with van der Waals surface area (Å²) >= 11 is 0. The average Bonchev–Trinajstić information content (AvgIpc) is 2.92. The van der Waals surface area contributed by atoms with Crippen molar-refractivity contribution in [3.05, 3.63) is 41.3 Å². The first-order chi connectivity index (χ1) is 12.2. The number of aromatic nitrogens is 1. The first-order valence-electron chi connectivity index (χ1n) is 8.27. The van der Waals surface area contributed by atoms with Gasteiger partial charge in [0.1, 0.15) is 11.4 Å². The fraction of sp³-hybridized carbons (Fsp3) is 0.333. The van der Waals surface area contributed by atoms with Crippen LogP contribution in [-0.2, 0) is 14.8 Å². The fourth-order valence-electron chi connectivity index (χ4n) is 2.18. The highest BCUT2D eigenvalue weighted by molar-refractivity contribution is 7.89. The second-order valence-corrected chi connectivity index (χ2v) is 7.74. The maximum Gasteiger partial charge on any atom is 0.240 e. The second kappa shape index (κ2) is 8.29. The van der Waals surface area contributed by atoms with Crippen LogP contribution in [0.5, 0.6) is 0 Å². The number of anilines is 1. The van der Waals surface area contributed by atoms with Gasteiger partial charge in [0.15, 0.2) is 5.76 Å². The lowest BCUT2D eigenvalue weighted by molar-refractivity contribution is -0.114. The zero-order valence-electron chi connectivity index (χ0n) is 15.2. The normalized spacial score (nSPS) is 13.1. The van der Waals surface area contributed by atoms with E-state index < -0.39 is 10.0 Å². The molecular formula is C18H23N3O4S. The molecule has 8 heteroatoms. The highest BCUT2D eigenvalue weighted by Gasteiger charge is 2.16. The topological polar surface area (TPSA) is 101 Å². The van der Waals surface area contributed by atoms with E-state index in [9.17, 15) is 13.2 Å². The summed E-state index contributed by atoms with van der Waals surface area (Å²) in [5.41, 5.74) is 1.89. The molecule has 1 aromatic carbocycles. The van der Waals surface area contributed by atoms with Crippen LogP contribution in [0.1, 0.15) is 44.2 Å². The SMILES string of the molecule is CCC(C)NS(=O)(=O)c1ccc(/C=C\c2onc(C)c2NC(C)=O)cc1. The van der Waals surface area contributed by atoms with Crippen LogP contribution in [0.2, 0.25) is 0 Å². The summed E-state index contributed by atoms with van der Waals surface area (Å²) in [6.07, 6.45) is 4.14. The van der Waals surface area contributed by atoms with Gasteiger partial charge >= 0.3 is 0 Å². The third kappa shape index (κ3) is 5.03. The first-order valence-corrected chi connectivity index (χ1v) is 9.75. The molecule has 0 aliphatic carbocycles. The summed E-state index contributed by atoms with van der Waals surface area (Å²) in [5.74, 6) is 0.210. The van der Waals surface area contributed by atoms with Crippen LogP contribution in [0.25, 0.3) is 12.2 Å². The van der Waals surface area contributed by atoms with Crippen molar-refractivity contribution >= 4 is 33.8 Å². The molecule has 26 heavy (non-hydrogen) atoms. The number of carbonyl (C=O) groups excluding carboxylic acids is 1. The van der Waals surface area contributed by atoms with Gasteiger partial charge in [-0.1, -0.05) is 30.3 Å². The number of carbonyl (C=O) groups is 1. The van der Waals surface area contributed by atoms with Crippen LogP contribution in [0.15, 0.2) is 33.7 Å². The van der Waals surface area contributed by atoms with Crippen molar-refractivity contribution in [3.8, 4) is 0 Å². The number of nitrogens with zero attached hydrogens (tertiary/aromatic N) is 1. The monoisotopic (exact) mass is 377 g/mol. The Balaban J connectivity index is 2.17. The van der Waals surface area contributed by atoms with E-state index in [2.05, 4.69) is 15.2 Å². The van der Waals surface area contributed by atoms with Gasteiger partial charge in [-0.15, -0.1) is 0 Å². The molecule has 7 nitrogen and oxygen atoms in total. The Bertz CT molecular complexity index is 899. The lowest BCUT2D eigenvalue weighted by Gasteiger charge is -2.12. The van der Waals surface area contributed by atoms with Gasteiger partial charge in [0, 0.05) is 13.0 Å². The summed E-state index contributed by atoms with van der Waals surface area (Å²) in [5, 5.41) is 6.51. The van der Waals surface area contributed by atoms with Gasteiger partial charge in [0.25, 0.3) is 0 Å². The number of rotatable bonds is 7. The van der Waals surface area contributed by atoms with Crippen LogP contribution in [0.4, 0.5) is 5.69 Å². The van der Waals surface area contributed by atoms with E-state index in [-0.39, 0.29) is 16.8 Å². The Kier molecular flexibility index (Phi) is 6.33. The molecule has 0 radical (unpaired) electrons. The van der Waals surface area contributed by atoms with E-state index in [1.807, 2.05) is 13.8 Å². The molecule has 2 rings (SSSR count). The summed E-state index contributed by atoms with van der Waals surface area (Å²) in [4.78, 5) is 11.5. The van der Waals surface area contributed by atoms with Gasteiger partial charge in [-0.25, -0.2) is 13.1 Å². The van der Waals surface area contributed by atoms with Crippen molar-refractivity contribution in [1.82, 2.24) is 9.88 Å². The second-order valence-electron chi connectivity index (χ2n) is 6.02. The number of benzene rings is 1. The molecule has 1 atom stereocenters. The predicted octanol–water partition coefficient (Wildman–Crippen LogP) is 3.19. The minimum absolute atomic E-state index is 0.124. The molecule has 1 amide bonds. The van der Waals surface area contributed by atoms with Crippen molar-refractivity contribution in [3.63, 3.8) is 0 Å². The average molecular weight is 377 g/mol. The van der Waals surface area contributed by atoms with Crippen LogP contribution in [0.3, 0.4) is 0 Å². The Morgan fingerprint density at radius 2 is 1.92 bits per heavy atom. The van der Waals surface area contributed by atoms with Crippen LogP contribution in [0, 0.1) is 6.92 Å². The summed E-state index contributed by atoms with van der Waals surface area (Å²) in [7, 11) is -3.52. The largest absolute Gasteiger partial charge is 0.354 e. The van der Waals surface area contributed by atoms with Crippen molar-refractivity contribution in [1.29, 1.82) is 0 Å². The molecule has 0 fully saturated rings. The number of hydrogen-bond donors (Lipinski definition) is 2. The van der Waals surface area contributed by atoms with E-state index in [1.54, 1.807) is 43.3 Å². The van der Waals surface area contributed by atoms with Crippen molar-refractivity contribution in [2.75, 3.05) is 5.32 Å². The van der Waals surface area contributed by atoms with E-state index >= 15 is 0 Å². The Morgan fingerprint density at radius 1 is 1.27 bits per heavy atom. The third-order valence-corrected chi connectivity index (χ3v) is 5.38. The zero-order valence-corrected chi connectivity index (χ0v) is 16.1. The fourth-order valence-corrected chi connectivity index (χ4v) is 3.50. The van der Waals surface area contributed by atoms with Crippen LogP contribution < -0.4 is 10.0 Å². The van der Waals surface area contributed by atoms with Crippen molar-refractivity contribution in [2.24, 2.45) is 0 Å². The number of sulfonamides is 1. The van der Waals surface area contributed by atoms with E-state index in [0.717, 1.165) is 5.56 Å². The van der Waals surface area contributed by atoms with Gasteiger partial charge in [0.05, 0.1) is 4.90 Å². The maximum absolute atomic E-state index is 12.2. The highest BCUT2D eigenvalue weighted by Crippen LogP contribution is 2.22. The predicted molar refractivity (Wildman–Crippen MR) is 101 cm³/mol. The molecule has 0 bridgehead atoms. The number of aryl methyl sites for hydroxylation is 1. The molecule has 2 aromatic rings. The van der Waals surface area contributed by atoms with Crippen LogP contribution >= 0.6 is 0 Å². The maximum atomic E-state index is 12.2. The minimum Gasteiger partial charge on any atom is -0.354 e. The molecule has 0 spiro atoms. The summed E-state index contributed by atoms with van der Waals surface area (Å²) in [6.45, 7) is 6.88. The van der Waals surface area contributed by atoms with Crippen molar-refractivity contribution in [2.45, 2.75) is 45.1 Å². The molecule has 1 aromatic heterocycles. The zero-order chi connectivity index (χ0) is 19.3. The van der Waals surface area contributed by atoms with Crippen molar-refractivity contribution < 1.29 is 17.7 Å².